The van der Waals surface area contributed by atoms with Gasteiger partial charge in [-0.25, -0.2) is 0 Å². The van der Waals surface area contributed by atoms with Gasteiger partial charge in [-0.2, -0.15) is 0 Å². The Morgan fingerprint density at radius 2 is 1.45 bits per heavy atom. The van der Waals surface area contributed by atoms with Gasteiger partial charge in [-0.05, 0) is 44.0 Å². The van der Waals surface area contributed by atoms with E-state index in [1.165, 1.54) is 0 Å². The maximum atomic E-state index is 12.6. The highest BCUT2D eigenvalue weighted by Crippen LogP contribution is 2.55. The first-order chi connectivity index (χ1) is 13.9. The fourth-order valence-electron chi connectivity index (χ4n) is 4.55. The smallest absolute Gasteiger partial charge is 0.160 e. The van der Waals surface area contributed by atoms with Crippen LogP contribution in [0.5, 0.6) is 23.0 Å². The summed E-state index contributed by atoms with van der Waals surface area (Å²) in [5, 5.41) is 20.1. The number of phenolic OH excluding ortho intramolecular Hbond substituents is 2. The first kappa shape index (κ1) is 19.1. The first-order valence-corrected chi connectivity index (χ1v) is 9.83. The molecule has 3 aromatic rings. The highest BCUT2D eigenvalue weighted by Gasteiger charge is 2.44. The molecule has 0 aliphatic carbocycles. The highest BCUT2D eigenvalue weighted by molar-refractivity contribution is 5.97. The van der Waals surface area contributed by atoms with Crippen LogP contribution in [0.2, 0.25) is 0 Å². The molecule has 0 radical (unpaired) electrons. The van der Waals surface area contributed by atoms with Crippen molar-refractivity contribution in [1.29, 1.82) is 0 Å². The summed E-state index contributed by atoms with van der Waals surface area (Å²) < 4.78 is 6.08. The lowest BCUT2D eigenvalue weighted by Gasteiger charge is -2.42. The maximum Gasteiger partial charge on any atom is 0.160 e. The van der Waals surface area contributed by atoms with Crippen LogP contribution < -0.4 is 4.74 Å². The molecule has 1 aliphatic rings. The van der Waals surface area contributed by atoms with E-state index in [1.807, 2.05) is 37.3 Å². The molecule has 0 spiro atoms. The molecule has 3 aromatic carbocycles. The number of ketones is 1. The van der Waals surface area contributed by atoms with E-state index in [0.717, 1.165) is 35.1 Å². The van der Waals surface area contributed by atoms with Crippen molar-refractivity contribution in [2.45, 2.75) is 39.0 Å². The van der Waals surface area contributed by atoms with Crippen LogP contribution in [0.4, 0.5) is 0 Å². The molecule has 4 nitrogen and oxygen atoms in total. The number of carbonyl (C=O) groups excluding carboxylic acids is 1. The maximum absolute atomic E-state index is 12.6. The van der Waals surface area contributed by atoms with Crippen molar-refractivity contribution < 1.29 is 19.7 Å². The lowest BCUT2D eigenvalue weighted by atomic mass is 9.63. The number of hydrogen-bond donors (Lipinski definition) is 2. The van der Waals surface area contributed by atoms with E-state index in [0.29, 0.717) is 17.1 Å². The Kier molecular flexibility index (Phi) is 4.58. The predicted molar refractivity (Wildman–Crippen MR) is 112 cm³/mol. The third-order valence-electron chi connectivity index (χ3n) is 5.71. The SMILES string of the molecule is CCCC1(c2ccc(C)cc2C(C)=O)c2ccc(O)cc2Oc2cc(O)ccc21. The first-order valence-electron chi connectivity index (χ1n) is 9.83. The highest BCUT2D eigenvalue weighted by atomic mass is 16.5. The van der Waals surface area contributed by atoms with Crippen LogP contribution in [0.15, 0.2) is 54.6 Å². The van der Waals surface area contributed by atoms with E-state index < -0.39 is 5.41 Å². The van der Waals surface area contributed by atoms with Crippen LogP contribution in [-0.4, -0.2) is 16.0 Å². The Morgan fingerprint density at radius 1 is 0.897 bits per heavy atom. The normalized spacial score (nSPS) is 13.9. The summed E-state index contributed by atoms with van der Waals surface area (Å²) in [5.74, 6) is 1.28. The summed E-state index contributed by atoms with van der Waals surface area (Å²) in [7, 11) is 0. The van der Waals surface area contributed by atoms with Crippen molar-refractivity contribution >= 4 is 5.78 Å². The lowest BCUT2D eigenvalue weighted by Crippen LogP contribution is -2.34. The van der Waals surface area contributed by atoms with Gasteiger partial charge in [0.05, 0.1) is 5.41 Å². The number of carbonyl (C=O) groups is 1. The molecule has 0 aromatic heterocycles. The van der Waals surface area contributed by atoms with Crippen molar-refractivity contribution in [3.8, 4) is 23.0 Å². The number of fused-ring (bicyclic) bond motifs is 2. The van der Waals surface area contributed by atoms with Crippen LogP contribution in [0.3, 0.4) is 0 Å². The van der Waals surface area contributed by atoms with Crippen molar-refractivity contribution in [2.75, 3.05) is 0 Å². The standard InChI is InChI=1S/C25H24O4/c1-4-11-25(20-8-5-15(2)12-19(20)16(3)26)21-9-6-17(27)13-23(21)29-24-14-18(28)7-10-22(24)25/h5-10,12-14,27-28H,4,11H2,1-3H3. The van der Waals surface area contributed by atoms with Crippen LogP contribution in [0.1, 0.15) is 59.3 Å². The molecular weight excluding hydrogens is 364 g/mol. The summed E-state index contributed by atoms with van der Waals surface area (Å²) in [5.41, 5.74) is 3.80. The van der Waals surface area contributed by atoms with Gasteiger partial charge in [-0.1, -0.05) is 43.2 Å². The van der Waals surface area contributed by atoms with Gasteiger partial charge in [0, 0.05) is 28.8 Å². The molecule has 0 saturated heterocycles. The Bertz CT molecular complexity index is 1060. The average molecular weight is 388 g/mol. The van der Waals surface area contributed by atoms with E-state index in [9.17, 15) is 15.0 Å². The van der Waals surface area contributed by atoms with Crippen LogP contribution in [-0.2, 0) is 5.41 Å². The molecular formula is C25H24O4. The number of ether oxygens (including phenoxy) is 1. The molecule has 0 atom stereocenters. The number of benzene rings is 3. The molecule has 29 heavy (non-hydrogen) atoms. The summed E-state index contributed by atoms with van der Waals surface area (Å²) in [4.78, 5) is 12.6. The zero-order chi connectivity index (χ0) is 20.8. The van der Waals surface area contributed by atoms with Gasteiger partial charge < -0.3 is 14.9 Å². The Hall–Kier alpha value is -3.27. The number of rotatable bonds is 4. The largest absolute Gasteiger partial charge is 0.508 e. The van der Waals surface area contributed by atoms with E-state index in [2.05, 4.69) is 6.92 Å². The van der Waals surface area contributed by atoms with Crippen molar-refractivity contribution in [1.82, 2.24) is 0 Å². The van der Waals surface area contributed by atoms with E-state index in [-0.39, 0.29) is 17.3 Å². The molecule has 4 heteroatoms. The van der Waals surface area contributed by atoms with Crippen molar-refractivity contribution in [3.63, 3.8) is 0 Å². The number of hydrogen-bond acceptors (Lipinski definition) is 4. The van der Waals surface area contributed by atoms with Gasteiger partial charge in [0.25, 0.3) is 0 Å². The van der Waals surface area contributed by atoms with Gasteiger partial charge in [-0.15, -0.1) is 0 Å². The Labute approximate surface area is 170 Å². The number of Topliss-reactive ketones (excluding diaryl/α,β-unsaturated/α-hetero) is 1. The van der Waals surface area contributed by atoms with Crippen molar-refractivity contribution in [2.24, 2.45) is 0 Å². The number of aryl methyl sites for hydroxylation is 1. The number of phenols is 2. The molecule has 0 fully saturated rings. The third-order valence-corrected chi connectivity index (χ3v) is 5.71. The predicted octanol–water partition coefficient (Wildman–Crippen LogP) is 5.85. The average Bonchev–Trinajstić information content (AvgIpc) is 2.67. The molecule has 2 N–H and O–H groups in total. The molecule has 0 amide bonds. The fraction of sp³-hybridized carbons (Fsp3) is 0.240. The monoisotopic (exact) mass is 388 g/mol. The third kappa shape index (κ3) is 2.96. The molecule has 0 unspecified atom stereocenters. The Balaban J connectivity index is 2.15. The summed E-state index contributed by atoms with van der Waals surface area (Å²) in [6.45, 7) is 5.68. The van der Waals surface area contributed by atoms with E-state index in [4.69, 9.17) is 4.74 Å². The minimum absolute atomic E-state index is 0.00586. The van der Waals surface area contributed by atoms with E-state index in [1.54, 1.807) is 31.2 Å². The van der Waals surface area contributed by atoms with E-state index >= 15 is 0 Å². The molecule has 0 bridgehead atoms. The molecule has 1 heterocycles. The summed E-state index contributed by atoms with van der Waals surface area (Å²) in [6.07, 6.45) is 1.61. The zero-order valence-electron chi connectivity index (χ0n) is 16.8. The molecule has 4 rings (SSSR count). The minimum atomic E-state index is -0.631. The second-order valence-electron chi connectivity index (χ2n) is 7.72. The van der Waals surface area contributed by atoms with Gasteiger partial charge in [-0.3, -0.25) is 4.79 Å². The van der Waals surface area contributed by atoms with Crippen LogP contribution in [0, 0.1) is 6.92 Å². The topological polar surface area (TPSA) is 66.8 Å². The lowest BCUT2D eigenvalue weighted by molar-refractivity contribution is 0.101. The number of aromatic hydroxyl groups is 2. The molecule has 0 saturated carbocycles. The quantitative estimate of drug-likeness (QED) is 0.550. The van der Waals surface area contributed by atoms with Crippen LogP contribution >= 0.6 is 0 Å². The molecule has 148 valence electrons. The van der Waals surface area contributed by atoms with Crippen LogP contribution in [0.25, 0.3) is 0 Å². The van der Waals surface area contributed by atoms with Gasteiger partial charge >= 0.3 is 0 Å². The van der Waals surface area contributed by atoms with Gasteiger partial charge in [0.15, 0.2) is 5.78 Å². The zero-order valence-corrected chi connectivity index (χ0v) is 16.8. The van der Waals surface area contributed by atoms with Crippen molar-refractivity contribution in [3.05, 3.63) is 82.4 Å². The van der Waals surface area contributed by atoms with Gasteiger partial charge in [0.2, 0.25) is 0 Å². The Morgan fingerprint density at radius 3 is 1.97 bits per heavy atom. The second kappa shape index (κ2) is 6.96. The summed E-state index contributed by atoms with van der Waals surface area (Å²) >= 11 is 0. The summed E-state index contributed by atoms with van der Waals surface area (Å²) in [6, 6.07) is 16.2. The van der Waals surface area contributed by atoms with Gasteiger partial charge in [0.1, 0.15) is 23.0 Å². The second-order valence-corrected chi connectivity index (χ2v) is 7.72. The fourth-order valence-corrected chi connectivity index (χ4v) is 4.55. The minimum Gasteiger partial charge on any atom is -0.508 e. The molecule has 1 aliphatic heterocycles.